The standard InChI is InChI=1S/C28H32F4N4O5S/c1-15-4-3-11-33-21(15)25(27(39)7-9-28(31,32)10-8-27)42-26-24(40-2)22(23(38)20(14-37)41-26)36-13-19(34-35-36)16-5-6-17(29)18(30)12-16/h3-6,11-13,20,22-26,37-39H,7-10,14H2,1-2H3/t20-,22+,23+,24-,25+,26+/m1/s1. The van der Waals surface area contributed by atoms with E-state index in [4.69, 9.17) is 9.47 Å². The van der Waals surface area contributed by atoms with Gasteiger partial charge in [-0.1, -0.05) is 11.3 Å². The average molecular weight is 613 g/mol. The van der Waals surface area contributed by atoms with Gasteiger partial charge in [-0.25, -0.2) is 22.2 Å². The van der Waals surface area contributed by atoms with Gasteiger partial charge in [0.05, 0.1) is 29.3 Å². The summed E-state index contributed by atoms with van der Waals surface area (Å²) in [6.45, 7) is 1.24. The molecule has 0 unspecified atom stereocenters. The Labute approximate surface area is 243 Å². The van der Waals surface area contributed by atoms with Crippen LogP contribution in [-0.2, 0) is 9.47 Å². The quantitative estimate of drug-likeness (QED) is 0.324. The minimum Gasteiger partial charge on any atom is -0.394 e. The zero-order valence-electron chi connectivity index (χ0n) is 22.9. The molecular weight excluding hydrogens is 580 g/mol. The lowest BCUT2D eigenvalue weighted by atomic mass is 9.79. The van der Waals surface area contributed by atoms with Crippen molar-refractivity contribution in [2.45, 2.75) is 79.2 Å². The van der Waals surface area contributed by atoms with Gasteiger partial charge in [0.1, 0.15) is 35.5 Å². The first kappa shape index (κ1) is 30.8. The second kappa shape index (κ2) is 12.2. The van der Waals surface area contributed by atoms with Gasteiger partial charge in [0.2, 0.25) is 5.92 Å². The lowest BCUT2D eigenvalue weighted by Gasteiger charge is -2.47. The number of ether oxygens (including phenoxy) is 2. The molecule has 1 aromatic carbocycles. The van der Waals surface area contributed by atoms with Gasteiger partial charge < -0.3 is 24.8 Å². The van der Waals surface area contributed by atoms with Crippen LogP contribution in [0.3, 0.4) is 0 Å². The third kappa shape index (κ3) is 6.06. The fraction of sp³-hybridized carbons (Fsp3) is 0.536. The van der Waals surface area contributed by atoms with E-state index in [-0.39, 0.29) is 24.1 Å². The fourth-order valence-electron chi connectivity index (χ4n) is 5.60. The highest BCUT2D eigenvalue weighted by atomic mass is 32.2. The fourth-order valence-corrected chi connectivity index (χ4v) is 7.36. The van der Waals surface area contributed by atoms with Gasteiger partial charge in [-0.15, -0.1) is 16.9 Å². The molecule has 1 aliphatic heterocycles. The molecule has 0 bridgehead atoms. The van der Waals surface area contributed by atoms with Crippen molar-refractivity contribution < 1.29 is 42.4 Å². The first-order chi connectivity index (χ1) is 20.0. The number of nitrogens with zero attached hydrogens (tertiary/aromatic N) is 4. The van der Waals surface area contributed by atoms with Gasteiger partial charge in [-0.3, -0.25) is 4.98 Å². The Hall–Kier alpha value is -2.62. The molecule has 1 saturated carbocycles. The first-order valence-electron chi connectivity index (χ1n) is 13.5. The van der Waals surface area contributed by atoms with Gasteiger partial charge in [0.15, 0.2) is 11.6 Å². The Morgan fingerprint density at radius 2 is 1.90 bits per heavy atom. The molecule has 228 valence electrons. The summed E-state index contributed by atoms with van der Waals surface area (Å²) in [5, 5.41) is 40.4. The summed E-state index contributed by atoms with van der Waals surface area (Å²) < 4.78 is 68.8. The van der Waals surface area contributed by atoms with Crippen molar-refractivity contribution in [1.29, 1.82) is 0 Å². The van der Waals surface area contributed by atoms with Crippen LogP contribution in [0.1, 0.15) is 48.2 Å². The zero-order chi connectivity index (χ0) is 30.2. The van der Waals surface area contributed by atoms with E-state index in [0.717, 1.165) is 29.5 Å². The molecular formula is C28H32F4N4O5S. The van der Waals surface area contributed by atoms with Crippen LogP contribution in [-0.4, -0.2) is 84.3 Å². The van der Waals surface area contributed by atoms with E-state index in [0.29, 0.717) is 5.69 Å². The van der Waals surface area contributed by atoms with Crippen molar-refractivity contribution in [1.82, 2.24) is 20.0 Å². The molecule has 14 heteroatoms. The Morgan fingerprint density at radius 3 is 2.55 bits per heavy atom. The predicted molar refractivity (Wildman–Crippen MR) is 145 cm³/mol. The molecule has 2 fully saturated rings. The third-order valence-corrected chi connectivity index (χ3v) is 9.61. The lowest BCUT2D eigenvalue weighted by Crippen LogP contribution is -2.56. The number of rotatable bonds is 8. The van der Waals surface area contributed by atoms with Crippen molar-refractivity contribution in [3.05, 3.63) is 65.6 Å². The molecule has 9 nitrogen and oxygen atoms in total. The Balaban J connectivity index is 1.50. The Kier molecular flexibility index (Phi) is 8.93. The molecule has 1 saturated heterocycles. The van der Waals surface area contributed by atoms with E-state index < -0.39 is 77.6 Å². The van der Waals surface area contributed by atoms with Gasteiger partial charge in [-0.2, -0.15) is 0 Å². The van der Waals surface area contributed by atoms with Crippen molar-refractivity contribution >= 4 is 11.8 Å². The molecule has 2 aliphatic rings. The summed E-state index contributed by atoms with van der Waals surface area (Å²) in [4.78, 5) is 4.48. The zero-order valence-corrected chi connectivity index (χ0v) is 23.7. The number of pyridine rings is 1. The second-order valence-corrected chi connectivity index (χ2v) is 12.0. The molecule has 5 rings (SSSR count). The molecule has 3 N–H and O–H groups in total. The number of halogens is 4. The highest BCUT2D eigenvalue weighted by Gasteiger charge is 2.53. The second-order valence-electron chi connectivity index (χ2n) is 10.8. The number of aromatic nitrogens is 4. The van der Waals surface area contributed by atoms with Gasteiger partial charge >= 0.3 is 0 Å². The van der Waals surface area contributed by atoms with Crippen LogP contribution >= 0.6 is 11.8 Å². The summed E-state index contributed by atoms with van der Waals surface area (Å²) in [5.74, 6) is -4.96. The number of hydrogen-bond donors (Lipinski definition) is 3. The first-order valence-corrected chi connectivity index (χ1v) is 14.4. The maximum absolute atomic E-state index is 14.1. The predicted octanol–water partition coefficient (Wildman–Crippen LogP) is 3.98. The minimum absolute atomic E-state index is 0.172. The smallest absolute Gasteiger partial charge is 0.248 e. The number of hydrogen-bond acceptors (Lipinski definition) is 9. The number of benzene rings is 1. The highest BCUT2D eigenvalue weighted by Crippen LogP contribution is 2.53. The summed E-state index contributed by atoms with van der Waals surface area (Å²) in [5.41, 5.74) is -0.796. The molecule has 0 radical (unpaired) electrons. The van der Waals surface area contributed by atoms with Crippen LogP contribution in [0.2, 0.25) is 0 Å². The van der Waals surface area contributed by atoms with Gasteiger partial charge in [-0.05, 0) is 49.6 Å². The molecule has 0 amide bonds. The summed E-state index contributed by atoms with van der Waals surface area (Å²) in [6.07, 6.45) is -1.70. The number of alkyl halides is 2. The van der Waals surface area contributed by atoms with Crippen molar-refractivity contribution in [3.63, 3.8) is 0 Å². The van der Waals surface area contributed by atoms with Crippen LogP contribution < -0.4 is 0 Å². The van der Waals surface area contributed by atoms with E-state index in [1.54, 1.807) is 12.3 Å². The van der Waals surface area contributed by atoms with Crippen LogP contribution in [0.4, 0.5) is 17.6 Å². The third-order valence-electron chi connectivity index (χ3n) is 8.03. The SMILES string of the molecule is CO[C@@H]1[C@@H](n2cc(-c3ccc(F)c(F)c3)nn2)[C@@H](O)[C@@H](CO)O[C@H]1S[C@@H](c1ncccc1C)C1(O)CCC(F)(F)CC1. The molecule has 1 aliphatic carbocycles. The van der Waals surface area contributed by atoms with Crippen LogP contribution in [0.25, 0.3) is 11.3 Å². The topological polar surface area (TPSA) is 123 Å². The molecule has 2 aromatic heterocycles. The summed E-state index contributed by atoms with van der Waals surface area (Å²) in [6, 6.07) is 5.85. The molecule has 3 aromatic rings. The monoisotopic (exact) mass is 612 g/mol. The van der Waals surface area contributed by atoms with Gasteiger partial charge in [0, 0.05) is 31.7 Å². The highest BCUT2D eigenvalue weighted by molar-refractivity contribution is 8.00. The van der Waals surface area contributed by atoms with E-state index >= 15 is 0 Å². The Morgan fingerprint density at radius 1 is 1.17 bits per heavy atom. The summed E-state index contributed by atoms with van der Waals surface area (Å²) in [7, 11) is 1.39. The normalized spacial score (nSPS) is 28.0. The maximum atomic E-state index is 14.1. The molecule has 3 heterocycles. The van der Waals surface area contributed by atoms with Crippen molar-refractivity contribution in [2.75, 3.05) is 13.7 Å². The van der Waals surface area contributed by atoms with Crippen LogP contribution in [0.15, 0.2) is 42.7 Å². The van der Waals surface area contributed by atoms with Gasteiger partial charge in [0.25, 0.3) is 0 Å². The van der Waals surface area contributed by atoms with E-state index in [2.05, 4.69) is 15.3 Å². The summed E-state index contributed by atoms with van der Waals surface area (Å²) >= 11 is 1.12. The minimum atomic E-state index is -2.88. The van der Waals surface area contributed by atoms with E-state index in [1.807, 2.05) is 13.0 Å². The largest absolute Gasteiger partial charge is 0.394 e. The molecule has 6 atom stereocenters. The number of aryl methyl sites for hydroxylation is 1. The average Bonchev–Trinajstić information content (AvgIpc) is 3.45. The number of aliphatic hydroxyl groups is 3. The molecule has 0 spiro atoms. The van der Waals surface area contributed by atoms with Crippen LogP contribution in [0, 0.1) is 18.6 Å². The van der Waals surface area contributed by atoms with E-state index in [9.17, 15) is 32.9 Å². The maximum Gasteiger partial charge on any atom is 0.248 e. The van der Waals surface area contributed by atoms with E-state index in [1.165, 1.54) is 24.1 Å². The number of thioether (sulfide) groups is 1. The van der Waals surface area contributed by atoms with Crippen molar-refractivity contribution in [3.8, 4) is 11.3 Å². The lowest BCUT2D eigenvalue weighted by molar-refractivity contribution is -0.186. The van der Waals surface area contributed by atoms with Crippen molar-refractivity contribution in [2.24, 2.45) is 0 Å². The molecule has 42 heavy (non-hydrogen) atoms. The Bertz CT molecular complexity index is 1390. The van der Waals surface area contributed by atoms with Crippen LogP contribution in [0.5, 0.6) is 0 Å². The number of methoxy groups -OCH3 is 1. The number of aliphatic hydroxyl groups excluding tert-OH is 2.